The Hall–Kier alpha value is -0.240. The number of aromatic nitrogens is 1. The van der Waals surface area contributed by atoms with Crippen LogP contribution in [0.15, 0.2) is 10.5 Å². The predicted octanol–water partition coefficient (Wildman–Crippen LogP) is 3.38. The van der Waals surface area contributed by atoms with Gasteiger partial charge in [0.2, 0.25) is 0 Å². The fraction of sp³-hybridized carbons (Fsp3) is 0.556. The highest BCUT2D eigenvalue weighted by atomic mass is 79.9. The highest BCUT2D eigenvalue weighted by Crippen LogP contribution is 2.29. The molecule has 0 unspecified atom stereocenters. The van der Waals surface area contributed by atoms with Crippen LogP contribution in [0.1, 0.15) is 32.2 Å². The fourth-order valence-electron chi connectivity index (χ4n) is 1.10. The third kappa shape index (κ3) is 1.86. The summed E-state index contributed by atoms with van der Waals surface area (Å²) in [4.78, 5) is 3.34. The Morgan fingerprint density at radius 1 is 1.36 bits per heavy atom. The Balaban J connectivity index is 3.13. The van der Waals surface area contributed by atoms with E-state index in [1.54, 1.807) is 0 Å². The van der Waals surface area contributed by atoms with E-state index in [4.69, 9.17) is 0 Å². The molecule has 0 atom stereocenters. The van der Waals surface area contributed by atoms with Crippen LogP contribution in [-0.2, 0) is 5.41 Å². The molecule has 11 heavy (non-hydrogen) atoms. The Bertz CT molecular complexity index is 255. The number of halogens is 1. The molecule has 0 aliphatic carbocycles. The van der Waals surface area contributed by atoms with Crippen molar-refractivity contribution in [1.82, 2.24) is 4.98 Å². The van der Waals surface area contributed by atoms with Gasteiger partial charge >= 0.3 is 0 Å². The molecule has 62 valence electrons. The third-order valence-corrected chi connectivity index (χ3v) is 2.28. The van der Waals surface area contributed by atoms with Gasteiger partial charge in [-0.3, -0.25) is 0 Å². The van der Waals surface area contributed by atoms with E-state index in [1.807, 2.05) is 0 Å². The second-order valence-electron chi connectivity index (χ2n) is 3.93. The van der Waals surface area contributed by atoms with Crippen molar-refractivity contribution in [3.63, 3.8) is 0 Å². The Kier molecular flexibility index (Phi) is 2.15. The quantitative estimate of drug-likeness (QED) is 0.684. The number of H-pyrrole nitrogens is 1. The summed E-state index contributed by atoms with van der Waals surface area (Å²) in [6.45, 7) is 8.66. The number of rotatable bonds is 0. The summed E-state index contributed by atoms with van der Waals surface area (Å²) in [7, 11) is 0. The lowest BCUT2D eigenvalue weighted by Gasteiger charge is -2.17. The van der Waals surface area contributed by atoms with Gasteiger partial charge < -0.3 is 4.98 Å². The summed E-state index contributed by atoms with van der Waals surface area (Å²) in [5.74, 6) is 0. The zero-order valence-electron chi connectivity index (χ0n) is 7.46. The maximum atomic E-state index is 3.52. The first-order chi connectivity index (χ1) is 4.91. The molecule has 0 aromatic carbocycles. The lowest BCUT2D eigenvalue weighted by atomic mass is 9.93. The second-order valence-corrected chi connectivity index (χ2v) is 4.78. The predicted molar refractivity (Wildman–Crippen MR) is 51.9 cm³/mol. The Labute approximate surface area is 76.3 Å². The summed E-state index contributed by atoms with van der Waals surface area (Å²) in [6, 6.07) is 2.11. The number of hydrogen-bond donors (Lipinski definition) is 1. The molecule has 2 heteroatoms. The molecular formula is C9H14BrN. The van der Waals surface area contributed by atoms with Crippen molar-refractivity contribution in [2.45, 2.75) is 33.1 Å². The molecule has 0 radical (unpaired) electrons. The van der Waals surface area contributed by atoms with Crippen LogP contribution >= 0.6 is 15.9 Å². The molecule has 1 aromatic rings. The van der Waals surface area contributed by atoms with Gasteiger partial charge in [-0.25, -0.2) is 0 Å². The van der Waals surface area contributed by atoms with E-state index in [1.165, 1.54) is 15.9 Å². The average Bonchev–Trinajstić information content (AvgIpc) is 2.08. The first kappa shape index (κ1) is 8.85. The van der Waals surface area contributed by atoms with E-state index in [-0.39, 0.29) is 5.41 Å². The van der Waals surface area contributed by atoms with Crippen molar-refractivity contribution in [2.75, 3.05) is 0 Å². The van der Waals surface area contributed by atoms with Crippen molar-refractivity contribution in [2.24, 2.45) is 0 Å². The molecule has 1 aromatic heterocycles. The first-order valence-electron chi connectivity index (χ1n) is 3.77. The van der Waals surface area contributed by atoms with Crippen molar-refractivity contribution in [3.05, 3.63) is 21.9 Å². The van der Waals surface area contributed by atoms with E-state index < -0.39 is 0 Å². The Morgan fingerprint density at radius 3 is 2.09 bits per heavy atom. The molecular weight excluding hydrogens is 202 g/mol. The van der Waals surface area contributed by atoms with Crippen molar-refractivity contribution >= 4 is 15.9 Å². The van der Waals surface area contributed by atoms with Gasteiger partial charge in [-0.05, 0) is 28.9 Å². The van der Waals surface area contributed by atoms with Crippen LogP contribution in [0.2, 0.25) is 0 Å². The zero-order valence-corrected chi connectivity index (χ0v) is 9.04. The van der Waals surface area contributed by atoms with E-state index in [2.05, 4.69) is 54.7 Å². The van der Waals surface area contributed by atoms with Gasteiger partial charge in [0, 0.05) is 21.3 Å². The van der Waals surface area contributed by atoms with Crippen LogP contribution in [0.5, 0.6) is 0 Å². The summed E-state index contributed by atoms with van der Waals surface area (Å²) in [5, 5.41) is 0. The highest BCUT2D eigenvalue weighted by Gasteiger charge is 2.18. The van der Waals surface area contributed by atoms with Crippen molar-refractivity contribution in [1.29, 1.82) is 0 Å². The molecule has 0 fully saturated rings. The SMILES string of the molecule is Cc1cc(Br)c(C(C)(C)C)[nH]1. The number of nitrogens with one attached hydrogen (secondary N) is 1. The van der Waals surface area contributed by atoms with Crippen LogP contribution < -0.4 is 0 Å². The minimum atomic E-state index is 0.201. The number of aryl methyl sites for hydroxylation is 1. The van der Waals surface area contributed by atoms with Crippen LogP contribution in [0.3, 0.4) is 0 Å². The maximum absolute atomic E-state index is 3.52. The van der Waals surface area contributed by atoms with E-state index in [0.29, 0.717) is 0 Å². The van der Waals surface area contributed by atoms with E-state index >= 15 is 0 Å². The van der Waals surface area contributed by atoms with Crippen LogP contribution in [0.4, 0.5) is 0 Å². The molecule has 0 amide bonds. The van der Waals surface area contributed by atoms with Gasteiger partial charge in [0.25, 0.3) is 0 Å². The second kappa shape index (κ2) is 2.67. The summed E-state index contributed by atoms with van der Waals surface area (Å²) in [6.07, 6.45) is 0. The van der Waals surface area contributed by atoms with Crippen LogP contribution in [0.25, 0.3) is 0 Å². The molecule has 0 saturated heterocycles. The maximum Gasteiger partial charge on any atom is 0.0390 e. The number of aromatic amines is 1. The van der Waals surface area contributed by atoms with Crippen LogP contribution in [0, 0.1) is 6.92 Å². The molecule has 0 aliphatic heterocycles. The normalized spacial score (nSPS) is 12.1. The molecule has 0 aliphatic rings. The van der Waals surface area contributed by atoms with E-state index in [0.717, 1.165) is 0 Å². The van der Waals surface area contributed by atoms with Crippen molar-refractivity contribution in [3.8, 4) is 0 Å². The minimum Gasteiger partial charge on any atom is -0.361 e. The lowest BCUT2D eigenvalue weighted by Crippen LogP contribution is -2.12. The largest absolute Gasteiger partial charge is 0.361 e. The van der Waals surface area contributed by atoms with Gasteiger partial charge in [-0.15, -0.1) is 0 Å². The minimum absolute atomic E-state index is 0.201. The monoisotopic (exact) mass is 215 g/mol. The lowest BCUT2D eigenvalue weighted by molar-refractivity contribution is 0.569. The molecule has 1 heterocycles. The molecule has 1 N–H and O–H groups in total. The molecule has 0 spiro atoms. The highest BCUT2D eigenvalue weighted by molar-refractivity contribution is 9.10. The molecule has 1 rings (SSSR count). The summed E-state index contributed by atoms with van der Waals surface area (Å²) >= 11 is 3.52. The van der Waals surface area contributed by atoms with Gasteiger partial charge in [-0.1, -0.05) is 20.8 Å². The van der Waals surface area contributed by atoms with Gasteiger partial charge in [0.1, 0.15) is 0 Å². The van der Waals surface area contributed by atoms with Crippen molar-refractivity contribution < 1.29 is 0 Å². The smallest absolute Gasteiger partial charge is 0.0390 e. The third-order valence-electron chi connectivity index (χ3n) is 1.65. The average molecular weight is 216 g/mol. The molecule has 0 bridgehead atoms. The standard InChI is InChI=1S/C9H14BrN/c1-6-5-7(10)8(11-6)9(2,3)4/h5,11H,1-4H3. The number of hydrogen-bond acceptors (Lipinski definition) is 0. The zero-order chi connectivity index (χ0) is 8.65. The topological polar surface area (TPSA) is 15.8 Å². The fourth-order valence-corrected chi connectivity index (χ4v) is 2.14. The van der Waals surface area contributed by atoms with Gasteiger partial charge in [-0.2, -0.15) is 0 Å². The van der Waals surface area contributed by atoms with E-state index in [9.17, 15) is 0 Å². The van der Waals surface area contributed by atoms with Gasteiger partial charge in [0.15, 0.2) is 0 Å². The summed E-state index contributed by atoms with van der Waals surface area (Å²) < 4.78 is 1.18. The summed E-state index contributed by atoms with van der Waals surface area (Å²) in [5.41, 5.74) is 2.68. The molecule has 0 saturated carbocycles. The Morgan fingerprint density at radius 2 is 1.91 bits per heavy atom. The van der Waals surface area contributed by atoms with Gasteiger partial charge in [0.05, 0.1) is 0 Å². The molecule has 1 nitrogen and oxygen atoms in total. The van der Waals surface area contributed by atoms with Crippen LogP contribution in [-0.4, -0.2) is 4.98 Å². The first-order valence-corrected chi connectivity index (χ1v) is 4.56.